The molecule has 2 aliphatic heterocycles. The number of hydrogen-bond donors (Lipinski definition) is 2. The summed E-state index contributed by atoms with van der Waals surface area (Å²) in [4.78, 5) is 29.5. The molecule has 3 fully saturated rings. The van der Waals surface area contributed by atoms with Gasteiger partial charge in [0.25, 0.3) is 0 Å². The molecule has 0 aromatic heterocycles. The lowest BCUT2D eigenvalue weighted by atomic mass is 9.85. The van der Waals surface area contributed by atoms with Crippen molar-refractivity contribution in [1.29, 1.82) is 0 Å². The molecule has 1 unspecified atom stereocenters. The molecule has 1 aliphatic carbocycles. The summed E-state index contributed by atoms with van der Waals surface area (Å²) in [6.45, 7) is 1.37. The highest BCUT2D eigenvalue weighted by atomic mass is 19.1. The number of likely N-dealkylation sites (tertiary alicyclic amines) is 1. The monoisotopic (exact) mass is 450 g/mol. The zero-order valence-electron chi connectivity index (χ0n) is 18.8. The Hall–Kier alpha value is -2.77. The number of piperidine rings is 1. The van der Waals surface area contributed by atoms with E-state index in [4.69, 9.17) is 0 Å². The van der Waals surface area contributed by atoms with E-state index in [1.165, 1.54) is 0 Å². The second kappa shape index (κ2) is 8.88. The van der Waals surface area contributed by atoms with Crippen LogP contribution in [0.1, 0.15) is 48.9 Å². The van der Waals surface area contributed by atoms with Crippen LogP contribution in [0.2, 0.25) is 0 Å². The summed E-state index contributed by atoms with van der Waals surface area (Å²) in [6.07, 6.45) is 3.23. The van der Waals surface area contributed by atoms with Gasteiger partial charge < -0.3 is 10.2 Å². The average Bonchev–Trinajstić information content (AvgIpc) is 3.62. The van der Waals surface area contributed by atoms with Gasteiger partial charge in [-0.05, 0) is 37.8 Å². The molecule has 2 aromatic rings. The van der Waals surface area contributed by atoms with Gasteiger partial charge in [0.15, 0.2) is 5.78 Å². The van der Waals surface area contributed by atoms with E-state index in [0.29, 0.717) is 38.2 Å². The molecule has 5 rings (SSSR count). The van der Waals surface area contributed by atoms with Crippen LogP contribution in [0.3, 0.4) is 0 Å². The number of carbonyl (C=O) groups is 2. The first-order chi connectivity index (χ1) is 16.0. The van der Waals surface area contributed by atoms with Gasteiger partial charge in [-0.25, -0.2) is 4.39 Å². The molecule has 7 heteroatoms. The van der Waals surface area contributed by atoms with Crippen molar-refractivity contribution in [3.05, 3.63) is 66.2 Å². The third-order valence-corrected chi connectivity index (χ3v) is 7.28. The molecule has 3 aliphatic rings. The largest absolute Gasteiger partial charge is 0.339 e. The molecule has 1 atom stereocenters. The van der Waals surface area contributed by atoms with Gasteiger partial charge in [-0.15, -0.1) is 0 Å². The molecule has 174 valence electrons. The van der Waals surface area contributed by atoms with E-state index >= 15 is 4.39 Å². The summed E-state index contributed by atoms with van der Waals surface area (Å²) in [5.74, 6) is -1.78. The van der Waals surface area contributed by atoms with Crippen LogP contribution in [0.5, 0.6) is 0 Å². The number of Topliss-reactive ketones (excluding diaryl/α,β-unsaturated/α-hetero) is 1. The van der Waals surface area contributed by atoms with Gasteiger partial charge in [0.1, 0.15) is 5.54 Å². The second-order valence-corrected chi connectivity index (χ2v) is 9.41. The summed E-state index contributed by atoms with van der Waals surface area (Å²) in [6, 6.07) is 19.2. The zero-order chi connectivity index (χ0) is 22.9. The van der Waals surface area contributed by atoms with Gasteiger partial charge >= 0.3 is 0 Å². The fourth-order valence-corrected chi connectivity index (χ4v) is 5.17. The number of para-hydroxylation sites is 1. The number of anilines is 1. The maximum Gasteiger partial charge on any atom is 0.247 e. The number of amides is 1. The highest BCUT2D eigenvalue weighted by Crippen LogP contribution is 2.39. The quantitative estimate of drug-likeness (QED) is 0.476. The summed E-state index contributed by atoms with van der Waals surface area (Å²) < 4.78 is 16.4. The molecule has 1 saturated carbocycles. The zero-order valence-corrected chi connectivity index (χ0v) is 18.8. The maximum atomic E-state index is 16.4. The highest BCUT2D eigenvalue weighted by Gasteiger charge is 2.53. The van der Waals surface area contributed by atoms with Crippen LogP contribution < -0.4 is 15.5 Å². The third-order valence-electron chi connectivity index (χ3n) is 7.28. The maximum absolute atomic E-state index is 16.4. The molecular formula is C26H31FN4O2. The Bertz CT molecular complexity index is 990. The normalized spacial score (nSPS) is 22.2. The van der Waals surface area contributed by atoms with Crippen LogP contribution in [-0.2, 0) is 4.79 Å². The Morgan fingerprint density at radius 1 is 1.06 bits per heavy atom. The number of rotatable bonds is 8. The minimum atomic E-state index is -1.75. The van der Waals surface area contributed by atoms with Crippen LogP contribution in [0.4, 0.5) is 10.1 Å². The van der Waals surface area contributed by atoms with Crippen molar-refractivity contribution in [3.8, 4) is 0 Å². The van der Waals surface area contributed by atoms with Gasteiger partial charge in [-0.2, -0.15) is 0 Å². The van der Waals surface area contributed by atoms with Crippen molar-refractivity contribution in [2.45, 2.75) is 56.0 Å². The van der Waals surface area contributed by atoms with E-state index in [0.717, 1.165) is 18.5 Å². The lowest BCUT2D eigenvalue weighted by Gasteiger charge is -2.47. The Morgan fingerprint density at radius 3 is 2.33 bits per heavy atom. The topological polar surface area (TPSA) is 64.7 Å². The van der Waals surface area contributed by atoms with Crippen molar-refractivity contribution in [1.82, 2.24) is 15.5 Å². The molecule has 1 spiro atoms. The lowest BCUT2D eigenvalue weighted by Crippen LogP contribution is -2.64. The number of nitrogens with one attached hydrogen (secondary N) is 2. The fraction of sp³-hybridized carbons (Fsp3) is 0.462. The van der Waals surface area contributed by atoms with Gasteiger partial charge in [-0.1, -0.05) is 48.5 Å². The molecule has 2 heterocycles. The smallest absolute Gasteiger partial charge is 0.247 e. The van der Waals surface area contributed by atoms with Crippen molar-refractivity contribution in [2.75, 3.05) is 24.7 Å². The fourth-order valence-electron chi connectivity index (χ4n) is 5.17. The predicted molar refractivity (Wildman–Crippen MR) is 125 cm³/mol. The van der Waals surface area contributed by atoms with Gasteiger partial charge in [0, 0.05) is 43.2 Å². The number of ketones is 1. The van der Waals surface area contributed by atoms with E-state index < -0.39 is 11.5 Å². The summed E-state index contributed by atoms with van der Waals surface area (Å²) in [5.41, 5.74) is 0.962. The van der Waals surface area contributed by atoms with E-state index in [-0.39, 0.29) is 30.6 Å². The van der Waals surface area contributed by atoms with Gasteiger partial charge in [-0.3, -0.25) is 19.8 Å². The Morgan fingerprint density at radius 2 is 1.70 bits per heavy atom. The minimum absolute atomic E-state index is 0.0184. The summed E-state index contributed by atoms with van der Waals surface area (Å²) in [7, 11) is 0. The number of benzene rings is 2. The molecule has 0 radical (unpaired) electrons. The van der Waals surface area contributed by atoms with Crippen molar-refractivity contribution >= 4 is 17.4 Å². The second-order valence-electron chi connectivity index (χ2n) is 9.41. The average molecular weight is 451 g/mol. The molecule has 2 aromatic carbocycles. The first-order valence-corrected chi connectivity index (χ1v) is 11.9. The van der Waals surface area contributed by atoms with Crippen LogP contribution in [-0.4, -0.2) is 53.8 Å². The third kappa shape index (κ3) is 4.39. The number of hydrogen-bond acceptors (Lipinski definition) is 5. The number of carbonyl (C=O) groups excluding carboxylic acids is 2. The van der Waals surface area contributed by atoms with Crippen molar-refractivity contribution < 1.29 is 14.0 Å². The summed E-state index contributed by atoms with van der Waals surface area (Å²) in [5, 5.41) is 6.17. The molecule has 2 saturated heterocycles. The number of nitrogens with zero attached hydrogens (tertiary/aromatic N) is 2. The molecule has 1 amide bonds. The van der Waals surface area contributed by atoms with E-state index in [1.54, 1.807) is 12.1 Å². The van der Waals surface area contributed by atoms with Crippen LogP contribution in [0.25, 0.3) is 0 Å². The molecule has 6 nitrogen and oxygen atoms in total. The van der Waals surface area contributed by atoms with Crippen LogP contribution in [0.15, 0.2) is 60.7 Å². The molecule has 0 bridgehead atoms. The highest BCUT2D eigenvalue weighted by molar-refractivity contribution is 5.96. The lowest BCUT2D eigenvalue weighted by molar-refractivity contribution is -0.129. The summed E-state index contributed by atoms with van der Waals surface area (Å²) >= 11 is 0. The molecule has 2 N–H and O–H groups in total. The van der Waals surface area contributed by atoms with Crippen molar-refractivity contribution in [2.24, 2.45) is 0 Å². The van der Waals surface area contributed by atoms with Crippen LogP contribution >= 0.6 is 0 Å². The van der Waals surface area contributed by atoms with Gasteiger partial charge in [0.2, 0.25) is 11.8 Å². The Labute approximate surface area is 194 Å². The molecular weight excluding hydrogens is 419 g/mol. The Kier molecular flexibility index (Phi) is 5.93. The predicted octanol–water partition coefficient (Wildman–Crippen LogP) is 3.45. The first-order valence-electron chi connectivity index (χ1n) is 11.9. The number of alkyl halides is 1. The minimum Gasteiger partial charge on any atom is -0.339 e. The Balaban J connectivity index is 1.29. The SMILES string of the molecule is O=C(CCC(F)(NC1CC1)N1CCC2(CC1)C(=O)NCN2c1ccccc1)c1ccccc1. The van der Waals surface area contributed by atoms with E-state index in [2.05, 4.69) is 15.5 Å². The van der Waals surface area contributed by atoms with E-state index in [1.807, 2.05) is 53.4 Å². The first kappa shape index (κ1) is 22.0. The molecule has 33 heavy (non-hydrogen) atoms. The van der Waals surface area contributed by atoms with E-state index in [9.17, 15) is 9.59 Å². The van der Waals surface area contributed by atoms with Crippen molar-refractivity contribution in [3.63, 3.8) is 0 Å². The van der Waals surface area contributed by atoms with Gasteiger partial charge in [0.05, 0.1) is 6.67 Å². The van der Waals surface area contributed by atoms with Crippen LogP contribution in [0, 0.1) is 0 Å². The number of halogens is 1. The standard InChI is InChI=1S/C26H31FN4O2/c27-26(29-21-11-12-21,14-13-23(32)20-7-3-1-4-8-20)30-17-15-25(16-18-30)24(33)28-19-31(25)22-9-5-2-6-10-22/h1-10,21,29H,11-19H2,(H,28,33).